The maximum atomic E-state index is 11.9. The smallest absolute Gasteiger partial charge is 0.149 e. The van der Waals surface area contributed by atoms with Crippen molar-refractivity contribution in [2.24, 2.45) is 11.7 Å². The lowest BCUT2D eigenvalue weighted by atomic mass is 10.0. The standard InChI is InChI=1S/C12H24N2O2/c1-10(5-8-16-2)12(15)9-14-6-3-11(13)4-7-14/h10-11H,3-9,13H2,1-2H3. The van der Waals surface area contributed by atoms with E-state index < -0.39 is 0 Å². The SMILES string of the molecule is COCCC(C)C(=O)CN1CCC(N)CC1. The number of likely N-dealkylation sites (tertiary alicyclic amines) is 1. The van der Waals surface area contributed by atoms with E-state index in [1.165, 1.54) is 0 Å². The summed E-state index contributed by atoms with van der Waals surface area (Å²) in [6.07, 6.45) is 2.85. The van der Waals surface area contributed by atoms with E-state index in [-0.39, 0.29) is 5.92 Å². The van der Waals surface area contributed by atoms with Crippen LogP contribution in [-0.4, -0.2) is 50.1 Å². The Morgan fingerprint density at radius 2 is 2.12 bits per heavy atom. The third-order valence-electron chi connectivity index (χ3n) is 3.32. The molecule has 0 aliphatic carbocycles. The number of nitrogens with zero attached hydrogens (tertiary/aromatic N) is 1. The van der Waals surface area contributed by atoms with E-state index in [1.807, 2.05) is 6.92 Å². The molecule has 0 bridgehead atoms. The summed E-state index contributed by atoms with van der Waals surface area (Å²) in [4.78, 5) is 14.1. The first-order chi connectivity index (χ1) is 7.63. The molecule has 4 nitrogen and oxygen atoms in total. The number of hydrogen-bond donors (Lipinski definition) is 1. The van der Waals surface area contributed by atoms with E-state index in [9.17, 15) is 4.79 Å². The summed E-state index contributed by atoms with van der Waals surface area (Å²) in [5.74, 6) is 0.433. The summed E-state index contributed by atoms with van der Waals surface area (Å²) < 4.78 is 4.98. The zero-order valence-electron chi connectivity index (χ0n) is 10.4. The summed E-state index contributed by atoms with van der Waals surface area (Å²) >= 11 is 0. The molecule has 0 aromatic heterocycles. The number of carbonyl (C=O) groups excluding carboxylic acids is 1. The first-order valence-corrected chi connectivity index (χ1v) is 6.13. The van der Waals surface area contributed by atoms with Gasteiger partial charge in [-0.15, -0.1) is 0 Å². The summed E-state index contributed by atoms with van der Waals surface area (Å²) in [6, 6.07) is 0.331. The van der Waals surface area contributed by atoms with Crippen molar-refractivity contribution in [3.05, 3.63) is 0 Å². The van der Waals surface area contributed by atoms with Crippen molar-refractivity contribution in [1.29, 1.82) is 0 Å². The van der Waals surface area contributed by atoms with Crippen LogP contribution in [0.3, 0.4) is 0 Å². The molecule has 1 heterocycles. The van der Waals surface area contributed by atoms with Gasteiger partial charge >= 0.3 is 0 Å². The molecule has 0 amide bonds. The van der Waals surface area contributed by atoms with Gasteiger partial charge in [-0.05, 0) is 19.3 Å². The van der Waals surface area contributed by atoms with Crippen molar-refractivity contribution in [1.82, 2.24) is 4.90 Å². The maximum Gasteiger partial charge on any atom is 0.149 e. The fraction of sp³-hybridized carbons (Fsp3) is 0.917. The van der Waals surface area contributed by atoms with E-state index in [2.05, 4.69) is 4.90 Å². The number of Topliss-reactive ketones (excluding diaryl/α,β-unsaturated/α-hetero) is 1. The molecule has 1 rings (SSSR count). The van der Waals surface area contributed by atoms with Crippen LogP contribution in [0.4, 0.5) is 0 Å². The molecule has 1 aliphatic rings. The molecule has 1 aliphatic heterocycles. The second-order valence-corrected chi connectivity index (χ2v) is 4.76. The van der Waals surface area contributed by atoms with Crippen LogP contribution in [0, 0.1) is 5.92 Å². The molecule has 94 valence electrons. The molecule has 1 fully saturated rings. The molecule has 16 heavy (non-hydrogen) atoms. The minimum atomic E-state index is 0.107. The minimum Gasteiger partial charge on any atom is -0.385 e. The third-order valence-corrected chi connectivity index (χ3v) is 3.32. The zero-order valence-corrected chi connectivity index (χ0v) is 10.4. The Bertz CT molecular complexity index is 213. The van der Waals surface area contributed by atoms with Crippen LogP contribution in [0.15, 0.2) is 0 Å². The van der Waals surface area contributed by atoms with Crippen molar-refractivity contribution < 1.29 is 9.53 Å². The highest BCUT2D eigenvalue weighted by molar-refractivity contribution is 5.82. The van der Waals surface area contributed by atoms with Crippen molar-refractivity contribution in [3.8, 4) is 0 Å². The molecule has 4 heteroatoms. The van der Waals surface area contributed by atoms with Crippen LogP contribution in [0.25, 0.3) is 0 Å². The quantitative estimate of drug-likeness (QED) is 0.725. The van der Waals surface area contributed by atoms with Gasteiger partial charge in [-0.25, -0.2) is 0 Å². The van der Waals surface area contributed by atoms with E-state index >= 15 is 0 Å². The Morgan fingerprint density at radius 3 is 2.69 bits per heavy atom. The Balaban J connectivity index is 2.22. The van der Waals surface area contributed by atoms with Gasteiger partial charge in [0.05, 0.1) is 6.54 Å². The first-order valence-electron chi connectivity index (χ1n) is 6.13. The van der Waals surface area contributed by atoms with E-state index in [1.54, 1.807) is 7.11 Å². The maximum absolute atomic E-state index is 11.9. The normalized spacial score (nSPS) is 20.9. The summed E-state index contributed by atoms with van der Waals surface area (Å²) in [6.45, 7) is 5.15. The van der Waals surface area contributed by atoms with Gasteiger partial charge in [0.25, 0.3) is 0 Å². The number of methoxy groups -OCH3 is 1. The number of ether oxygens (including phenoxy) is 1. The fourth-order valence-electron chi connectivity index (χ4n) is 1.94. The van der Waals surface area contributed by atoms with E-state index in [4.69, 9.17) is 10.5 Å². The monoisotopic (exact) mass is 228 g/mol. The summed E-state index contributed by atoms with van der Waals surface area (Å²) in [5, 5.41) is 0. The molecule has 0 saturated carbocycles. The Morgan fingerprint density at radius 1 is 1.50 bits per heavy atom. The molecule has 1 unspecified atom stereocenters. The molecule has 2 N–H and O–H groups in total. The highest BCUT2D eigenvalue weighted by atomic mass is 16.5. The topological polar surface area (TPSA) is 55.6 Å². The van der Waals surface area contributed by atoms with Gasteiger partial charge in [-0.1, -0.05) is 6.92 Å². The van der Waals surface area contributed by atoms with Crippen LogP contribution >= 0.6 is 0 Å². The van der Waals surface area contributed by atoms with Gasteiger partial charge < -0.3 is 10.5 Å². The predicted molar refractivity (Wildman–Crippen MR) is 64.3 cm³/mol. The highest BCUT2D eigenvalue weighted by Gasteiger charge is 2.20. The number of piperidine rings is 1. The van der Waals surface area contributed by atoms with Crippen molar-refractivity contribution in [2.75, 3.05) is 33.4 Å². The summed E-state index contributed by atoms with van der Waals surface area (Å²) in [7, 11) is 1.67. The van der Waals surface area contributed by atoms with E-state index in [0.717, 1.165) is 32.4 Å². The van der Waals surface area contributed by atoms with Crippen LogP contribution in [0.5, 0.6) is 0 Å². The van der Waals surface area contributed by atoms with Crippen molar-refractivity contribution in [2.45, 2.75) is 32.2 Å². The van der Waals surface area contributed by atoms with Gasteiger partial charge in [0, 0.05) is 38.8 Å². The third kappa shape index (κ3) is 4.60. The highest BCUT2D eigenvalue weighted by Crippen LogP contribution is 2.10. The molecular formula is C12H24N2O2. The molecule has 0 spiro atoms. The van der Waals surface area contributed by atoms with Gasteiger partial charge in [-0.3, -0.25) is 9.69 Å². The molecule has 1 saturated heterocycles. The Labute approximate surface area is 98.1 Å². The second-order valence-electron chi connectivity index (χ2n) is 4.76. The van der Waals surface area contributed by atoms with Crippen LogP contribution in [-0.2, 0) is 9.53 Å². The molecular weight excluding hydrogens is 204 g/mol. The fourth-order valence-corrected chi connectivity index (χ4v) is 1.94. The van der Waals surface area contributed by atoms with Gasteiger partial charge in [0.1, 0.15) is 5.78 Å². The Hall–Kier alpha value is -0.450. The number of rotatable bonds is 6. The summed E-state index contributed by atoms with van der Waals surface area (Å²) in [5.41, 5.74) is 5.83. The second kappa shape index (κ2) is 6.99. The molecule has 0 aromatic rings. The predicted octanol–water partition coefficient (Wildman–Crippen LogP) is 0.651. The van der Waals surface area contributed by atoms with E-state index in [0.29, 0.717) is 25.0 Å². The number of carbonyl (C=O) groups is 1. The first kappa shape index (κ1) is 13.6. The minimum absolute atomic E-state index is 0.107. The molecule has 0 radical (unpaired) electrons. The lowest BCUT2D eigenvalue weighted by Gasteiger charge is -2.30. The van der Waals surface area contributed by atoms with Crippen LogP contribution < -0.4 is 5.73 Å². The van der Waals surface area contributed by atoms with Crippen LogP contribution in [0.1, 0.15) is 26.2 Å². The van der Waals surface area contributed by atoms with Gasteiger partial charge in [0.2, 0.25) is 0 Å². The van der Waals surface area contributed by atoms with Crippen LogP contribution in [0.2, 0.25) is 0 Å². The number of nitrogens with two attached hydrogens (primary N) is 1. The van der Waals surface area contributed by atoms with Gasteiger partial charge in [-0.2, -0.15) is 0 Å². The lowest BCUT2D eigenvalue weighted by Crippen LogP contribution is -2.42. The lowest BCUT2D eigenvalue weighted by molar-refractivity contribution is -0.124. The van der Waals surface area contributed by atoms with Gasteiger partial charge in [0.15, 0.2) is 0 Å². The zero-order chi connectivity index (χ0) is 12.0. The van der Waals surface area contributed by atoms with Crippen molar-refractivity contribution in [3.63, 3.8) is 0 Å². The average molecular weight is 228 g/mol. The van der Waals surface area contributed by atoms with Crippen molar-refractivity contribution >= 4 is 5.78 Å². The largest absolute Gasteiger partial charge is 0.385 e. The Kier molecular flexibility index (Phi) is 5.95. The average Bonchev–Trinajstić information content (AvgIpc) is 2.29. The molecule has 0 aromatic carbocycles. The number of hydrogen-bond acceptors (Lipinski definition) is 4. The molecule has 1 atom stereocenters. The number of ketones is 1.